The summed E-state index contributed by atoms with van der Waals surface area (Å²) in [6, 6.07) is -0.364. The lowest BCUT2D eigenvalue weighted by atomic mass is 10.3. The van der Waals surface area contributed by atoms with Gasteiger partial charge in [0, 0.05) is 13.6 Å². The second-order valence-electron chi connectivity index (χ2n) is 4.66. The molecule has 17 heavy (non-hydrogen) atoms. The van der Waals surface area contributed by atoms with Gasteiger partial charge in [0.1, 0.15) is 5.54 Å². The molecule has 0 atom stereocenters. The maximum atomic E-state index is 11.7. The van der Waals surface area contributed by atoms with E-state index in [9.17, 15) is 9.59 Å². The van der Waals surface area contributed by atoms with E-state index in [0.717, 1.165) is 0 Å². The molecule has 0 saturated heterocycles. The fourth-order valence-electron chi connectivity index (χ4n) is 1.34. The molecule has 0 unspecified atom stereocenters. The maximum Gasteiger partial charge on any atom is 0.329 e. The Morgan fingerprint density at radius 2 is 2.06 bits per heavy atom. The number of nitrogens with zero attached hydrogens (tertiary/aromatic N) is 1. The first-order chi connectivity index (χ1) is 7.87. The van der Waals surface area contributed by atoms with Gasteiger partial charge in [-0.1, -0.05) is 0 Å². The topological polar surface area (TPSA) is 78.9 Å². The molecule has 2 amide bonds. The van der Waals surface area contributed by atoms with Crippen LogP contribution in [0.4, 0.5) is 4.79 Å². The summed E-state index contributed by atoms with van der Waals surface area (Å²) in [6.07, 6.45) is 1.13. The van der Waals surface area contributed by atoms with Crippen molar-refractivity contribution in [3.63, 3.8) is 0 Å². The first kappa shape index (κ1) is 13.8. The van der Waals surface area contributed by atoms with Crippen LogP contribution < -0.4 is 5.32 Å². The van der Waals surface area contributed by atoms with Gasteiger partial charge in [-0.3, -0.25) is 0 Å². The number of amides is 2. The average molecular weight is 244 g/mol. The third-order valence-corrected chi connectivity index (χ3v) is 2.73. The molecule has 0 spiro atoms. The van der Waals surface area contributed by atoms with Crippen LogP contribution in [0.1, 0.15) is 26.7 Å². The largest absolute Gasteiger partial charge is 0.480 e. The van der Waals surface area contributed by atoms with Crippen molar-refractivity contribution >= 4 is 12.0 Å². The van der Waals surface area contributed by atoms with Crippen LogP contribution in [0.2, 0.25) is 0 Å². The zero-order valence-electron chi connectivity index (χ0n) is 10.5. The molecule has 0 aromatic heterocycles. The summed E-state index contributed by atoms with van der Waals surface area (Å²) in [4.78, 5) is 24.0. The van der Waals surface area contributed by atoms with E-state index in [1.807, 2.05) is 13.8 Å². The standard InChI is InChI=1S/C11H20N2O4/c1-8(2)17-7-6-13(3)10(16)12-11(4-5-11)9(14)15/h8H,4-7H2,1-3H3,(H,12,16)(H,14,15). The number of carbonyl (C=O) groups is 2. The molecule has 0 radical (unpaired) electrons. The number of hydrogen-bond acceptors (Lipinski definition) is 3. The minimum Gasteiger partial charge on any atom is -0.480 e. The van der Waals surface area contributed by atoms with Gasteiger partial charge in [0.15, 0.2) is 0 Å². The number of carboxylic acids is 1. The fourth-order valence-corrected chi connectivity index (χ4v) is 1.34. The monoisotopic (exact) mass is 244 g/mol. The zero-order valence-corrected chi connectivity index (χ0v) is 10.5. The highest BCUT2D eigenvalue weighted by Crippen LogP contribution is 2.35. The molecule has 6 heteroatoms. The van der Waals surface area contributed by atoms with Crippen molar-refractivity contribution in [2.75, 3.05) is 20.2 Å². The van der Waals surface area contributed by atoms with Gasteiger partial charge >= 0.3 is 12.0 Å². The normalized spacial score (nSPS) is 16.7. The molecule has 6 nitrogen and oxygen atoms in total. The van der Waals surface area contributed by atoms with Crippen LogP contribution in [-0.4, -0.2) is 53.8 Å². The highest BCUT2D eigenvalue weighted by molar-refractivity contribution is 5.88. The summed E-state index contributed by atoms with van der Waals surface area (Å²) in [5.74, 6) is -0.960. The summed E-state index contributed by atoms with van der Waals surface area (Å²) in [5.41, 5.74) is -1.02. The van der Waals surface area contributed by atoms with Gasteiger partial charge < -0.3 is 20.1 Å². The molecular weight excluding hydrogens is 224 g/mol. The molecule has 0 heterocycles. The second-order valence-corrected chi connectivity index (χ2v) is 4.66. The Morgan fingerprint density at radius 3 is 2.47 bits per heavy atom. The van der Waals surface area contributed by atoms with Gasteiger partial charge in [-0.05, 0) is 26.7 Å². The highest BCUT2D eigenvalue weighted by Gasteiger charge is 2.52. The smallest absolute Gasteiger partial charge is 0.329 e. The highest BCUT2D eigenvalue weighted by atomic mass is 16.5. The minimum absolute atomic E-state index is 0.125. The number of carboxylic acid groups (broad SMARTS) is 1. The van der Waals surface area contributed by atoms with Crippen molar-refractivity contribution in [2.45, 2.75) is 38.3 Å². The lowest BCUT2D eigenvalue weighted by molar-refractivity contribution is -0.140. The number of ether oxygens (including phenoxy) is 1. The molecule has 1 fully saturated rings. The van der Waals surface area contributed by atoms with Crippen LogP contribution >= 0.6 is 0 Å². The van der Waals surface area contributed by atoms with Gasteiger partial charge in [0.25, 0.3) is 0 Å². The summed E-state index contributed by atoms with van der Waals surface area (Å²) in [5, 5.41) is 11.5. The Hall–Kier alpha value is -1.30. The molecular formula is C11H20N2O4. The maximum absolute atomic E-state index is 11.7. The molecule has 1 aliphatic rings. The first-order valence-corrected chi connectivity index (χ1v) is 5.76. The predicted octanol–water partition coefficient (Wildman–Crippen LogP) is 0.670. The van der Waals surface area contributed by atoms with E-state index >= 15 is 0 Å². The van der Waals surface area contributed by atoms with E-state index in [2.05, 4.69) is 5.32 Å². The van der Waals surface area contributed by atoms with E-state index in [1.54, 1.807) is 7.05 Å². The van der Waals surface area contributed by atoms with Crippen LogP contribution in [0.5, 0.6) is 0 Å². The van der Waals surface area contributed by atoms with Crippen molar-refractivity contribution in [3.8, 4) is 0 Å². The summed E-state index contributed by atoms with van der Waals surface area (Å²) in [7, 11) is 1.62. The molecule has 98 valence electrons. The Balaban J connectivity index is 2.30. The summed E-state index contributed by atoms with van der Waals surface area (Å²) >= 11 is 0. The van der Waals surface area contributed by atoms with Crippen molar-refractivity contribution in [1.29, 1.82) is 0 Å². The minimum atomic E-state index is -1.02. The molecule has 0 aliphatic heterocycles. The number of nitrogens with one attached hydrogen (secondary N) is 1. The molecule has 1 rings (SSSR count). The molecule has 0 bridgehead atoms. The number of likely N-dealkylation sites (N-methyl/N-ethyl adjacent to an activating group) is 1. The van der Waals surface area contributed by atoms with Gasteiger partial charge in [-0.25, -0.2) is 9.59 Å². The van der Waals surface area contributed by atoms with Crippen molar-refractivity contribution in [2.24, 2.45) is 0 Å². The lowest BCUT2D eigenvalue weighted by Crippen LogP contribution is -2.49. The van der Waals surface area contributed by atoms with Crippen molar-refractivity contribution in [3.05, 3.63) is 0 Å². The Labute approximate surface area is 101 Å². The number of aliphatic carboxylic acids is 1. The molecule has 0 aromatic rings. The average Bonchev–Trinajstić information content (AvgIpc) is 2.98. The van der Waals surface area contributed by atoms with Gasteiger partial charge in [0.05, 0.1) is 12.7 Å². The van der Waals surface area contributed by atoms with Crippen molar-refractivity contribution < 1.29 is 19.4 Å². The van der Waals surface area contributed by atoms with Crippen LogP contribution in [0.15, 0.2) is 0 Å². The Kier molecular flexibility index (Phi) is 4.34. The molecule has 1 aliphatic carbocycles. The summed E-state index contributed by atoms with van der Waals surface area (Å²) in [6.45, 7) is 4.73. The number of urea groups is 1. The lowest BCUT2D eigenvalue weighted by Gasteiger charge is -2.21. The number of rotatable bonds is 6. The van der Waals surface area contributed by atoms with E-state index in [0.29, 0.717) is 26.0 Å². The quantitative estimate of drug-likeness (QED) is 0.719. The zero-order chi connectivity index (χ0) is 13.1. The number of hydrogen-bond donors (Lipinski definition) is 2. The predicted molar refractivity (Wildman–Crippen MR) is 61.9 cm³/mol. The van der Waals surface area contributed by atoms with Gasteiger partial charge in [-0.15, -0.1) is 0 Å². The Bertz CT molecular complexity index is 300. The van der Waals surface area contributed by atoms with Gasteiger partial charge in [0.2, 0.25) is 0 Å². The second kappa shape index (κ2) is 5.35. The fraction of sp³-hybridized carbons (Fsp3) is 0.818. The van der Waals surface area contributed by atoms with Crippen LogP contribution in [0.25, 0.3) is 0 Å². The Morgan fingerprint density at radius 1 is 1.47 bits per heavy atom. The van der Waals surface area contributed by atoms with E-state index in [1.165, 1.54) is 4.90 Å². The third-order valence-electron chi connectivity index (χ3n) is 2.73. The van der Waals surface area contributed by atoms with Crippen LogP contribution in [0.3, 0.4) is 0 Å². The van der Waals surface area contributed by atoms with Crippen LogP contribution in [-0.2, 0) is 9.53 Å². The van der Waals surface area contributed by atoms with Crippen molar-refractivity contribution in [1.82, 2.24) is 10.2 Å². The number of carbonyl (C=O) groups excluding carboxylic acids is 1. The van der Waals surface area contributed by atoms with Gasteiger partial charge in [-0.2, -0.15) is 0 Å². The molecule has 1 saturated carbocycles. The van der Waals surface area contributed by atoms with E-state index in [-0.39, 0.29) is 12.1 Å². The van der Waals surface area contributed by atoms with E-state index in [4.69, 9.17) is 9.84 Å². The summed E-state index contributed by atoms with van der Waals surface area (Å²) < 4.78 is 5.32. The first-order valence-electron chi connectivity index (χ1n) is 5.76. The van der Waals surface area contributed by atoms with Crippen LogP contribution in [0, 0.1) is 0 Å². The third kappa shape index (κ3) is 3.89. The molecule has 0 aromatic carbocycles. The molecule has 2 N–H and O–H groups in total. The SMILES string of the molecule is CC(C)OCCN(C)C(=O)NC1(C(=O)O)CC1. The van der Waals surface area contributed by atoms with E-state index < -0.39 is 11.5 Å².